The summed E-state index contributed by atoms with van der Waals surface area (Å²) in [6.07, 6.45) is 0. The fraction of sp³-hybridized carbons (Fsp3) is 0.214. The normalized spacial score (nSPS) is 22.1. The highest BCUT2D eigenvalue weighted by atomic mass is 32.2. The summed E-state index contributed by atoms with van der Waals surface area (Å²) in [7, 11) is 0. The van der Waals surface area contributed by atoms with E-state index in [1.165, 1.54) is 22.5 Å². The number of hydrogen-bond acceptors (Lipinski definition) is 10. The molecule has 0 aliphatic carbocycles. The number of nitrogens with zero attached hydrogens (tertiary/aromatic N) is 3. The number of aliphatic carboxylic acids is 1. The lowest BCUT2D eigenvalue weighted by atomic mass is 10.0. The van der Waals surface area contributed by atoms with Crippen LogP contribution in [0.25, 0.3) is 0 Å². The molecule has 142 valence electrons. The van der Waals surface area contributed by atoms with Crippen LogP contribution in [0.4, 0.5) is 5.13 Å². The molecule has 1 fully saturated rings. The number of nitrogens with one attached hydrogen (secondary N) is 1. The van der Waals surface area contributed by atoms with Crippen LogP contribution in [-0.2, 0) is 14.4 Å². The first-order chi connectivity index (χ1) is 12.9. The number of thiazole rings is 1. The zero-order chi connectivity index (χ0) is 19.7. The van der Waals surface area contributed by atoms with Gasteiger partial charge in [0.25, 0.3) is 11.8 Å². The number of aromatic nitrogens is 1. The number of rotatable bonds is 6. The summed E-state index contributed by atoms with van der Waals surface area (Å²) in [5, 5.41) is 26.5. The molecule has 0 aromatic carbocycles. The van der Waals surface area contributed by atoms with Crippen molar-refractivity contribution in [3.8, 4) is 0 Å². The maximum absolute atomic E-state index is 12.5. The van der Waals surface area contributed by atoms with Crippen molar-refractivity contribution in [2.24, 2.45) is 5.16 Å². The molecule has 2 atom stereocenters. The van der Waals surface area contributed by atoms with Gasteiger partial charge < -0.3 is 21.4 Å². The quantitative estimate of drug-likeness (QED) is 0.219. The molecule has 3 heterocycles. The second-order valence-corrected chi connectivity index (χ2v) is 8.30. The summed E-state index contributed by atoms with van der Waals surface area (Å²) in [6.45, 7) is 3.56. The van der Waals surface area contributed by atoms with Gasteiger partial charge in [-0.2, -0.15) is 0 Å². The molecule has 0 radical (unpaired) electrons. The van der Waals surface area contributed by atoms with E-state index in [1.807, 2.05) is 0 Å². The van der Waals surface area contributed by atoms with E-state index in [2.05, 4.69) is 22.0 Å². The second-order valence-electron chi connectivity index (χ2n) is 5.24. The molecule has 3 rings (SSSR count). The van der Waals surface area contributed by atoms with Crippen molar-refractivity contribution in [1.82, 2.24) is 15.2 Å². The van der Waals surface area contributed by atoms with Gasteiger partial charge in [0.2, 0.25) is 0 Å². The molecule has 1 aromatic heterocycles. The highest BCUT2D eigenvalue weighted by Crippen LogP contribution is 2.43. The zero-order valence-electron chi connectivity index (χ0n) is 13.5. The molecule has 27 heavy (non-hydrogen) atoms. The smallest absolute Gasteiger partial charge is 0.353 e. The highest BCUT2D eigenvalue weighted by molar-refractivity contribution is 8.08. The van der Waals surface area contributed by atoms with Crippen LogP contribution in [0.3, 0.4) is 0 Å². The number of thioether (sulfide) groups is 2. The predicted molar refractivity (Wildman–Crippen MR) is 102 cm³/mol. The van der Waals surface area contributed by atoms with E-state index in [1.54, 1.807) is 0 Å². The molecule has 0 unspecified atom stereocenters. The molecule has 13 heteroatoms. The van der Waals surface area contributed by atoms with Crippen molar-refractivity contribution < 1.29 is 24.7 Å². The van der Waals surface area contributed by atoms with E-state index >= 15 is 0 Å². The van der Waals surface area contributed by atoms with Gasteiger partial charge in [-0.3, -0.25) is 14.5 Å². The summed E-state index contributed by atoms with van der Waals surface area (Å²) >= 11 is 3.53. The molecule has 5 N–H and O–H groups in total. The Kier molecular flexibility index (Phi) is 5.43. The van der Waals surface area contributed by atoms with Gasteiger partial charge in [0.15, 0.2) is 10.8 Å². The van der Waals surface area contributed by atoms with Crippen LogP contribution in [0.15, 0.2) is 33.1 Å². The van der Waals surface area contributed by atoms with Crippen molar-refractivity contribution >= 4 is 63.5 Å². The lowest BCUT2D eigenvalue weighted by Crippen LogP contribution is -2.71. The maximum atomic E-state index is 12.5. The van der Waals surface area contributed by atoms with Gasteiger partial charge >= 0.3 is 5.97 Å². The van der Waals surface area contributed by atoms with Gasteiger partial charge in [0, 0.05) is 16.0 Å². The number of nitrogens with two attached hydrogens (primary N) is 1. The third-order valence-corrected chi connectivity index (χ3v) is 6.65. The first-order valence-corrected chi connectivity index (χ1v) is 10.1. The number of nitrogen functional groups attached to an aromatic ring is 1. The van der Waals surface area contributed by atoms with Crippen molar-refractivity contribution in [3.63, 3.8) is 0 Å². The molecule has 2 aliphatic heterocycles. The first-order valence-electron chi connectivity index (χ1n) is 7.32. The van der Waals surface area contributed by atoms with Crippen molar-refractivity contribution in [1.29, 1.82) is 0 Å². The third kappa shape index (κ3) is 3.40. The van der Waals surface area contributed by atoms with Crippen LogP contribution in [0.1, 0.15) is 5.69 Å². The van der Waals surface area contributed by atoms with E-state index < -0.39 is 29.2 Å². The number of hydrogen-bond donors (Lipinski definition) is 4. The predicted octanol–water partition coefficient (Wildman–Crippen LogP) is 0.476. The number of amides is 2. The molecule has 2 amide bonds. The minimum atomic E-state index is -1.22. The summed E-state index contributed by atoms with van der Waals surface area (Å²) in [5.74, 6) is -2.23. The average molecular weight is 427 g/mol. The Morgan fingerprint density at radius 3 is 2.85 bits per heavy atom. The summed E-state index contributed by atoms with van der Waals surface area (Å²) in [6, 6.07) is -0.945. The van der Waals surface area contributed by atoms with Gasteiger partial charge in [-0.05, 0) is 5.41 Å². The Balaban J connectivity index is 1.78. The monoisotopic (exact) mass is 427 g/mol. The Bertz CT molecular complexity index is 895. The highest BCUT2D eigenvalue weighted by Gasteiger charge is 2.54. The molecule has 10 nitrogen and oxygen atoms in total. The number of anilines is 1. The van der Waals surface area contributed by atoms with Crippen molar-refractivity contribution in [3.05, 3.63) is 33.7 Å². The van der Waals surface area contributed by atoms with Gasteiger partial charge in [0.1, 0.15) is 22.8 Å². The molecule has 1 saturated heterocycles. The standard InChI is InChI=1S/C14H13N5O5S3/c1-2-25-6-4-26-12-8(11(21)19(12)9(6)13(22)23)17-10(20)7(18-24)5-3-27-14(15)16-5/h2-3,8,12,24H,1,4H2,(H2,15,16)(H,17,20)(H,22,23)/b18-7+/t8-,12-/m1/s1. The van der Waals surface area contributed by atoms with E-state index in [0.29, 0.717) is 10.7 Å². The summed E-state index contributed by atoms with van der Waals surface area (Å²) in [4.78, 5) is 42.0. The number of β-lactam (4-membered cyclic amide) rings is 1. The Labute approximate surface area is 165 Å². The van der Waals surface area contributed by atoms with Gasteiger partial charge in [-0.25, -0.2) is 9.78 Å². The molecule has 0 bridgehead atoms. The van der Waals surface area contributed by atoms with Crippen LogP contribution >= 0.6 is 34.9 Å². The number of carboxylic acid groups (broad SMARTS) is 1. The van der Waals surface area contributed by atoms with Gasteiger partial charge in [0.05, 0.1) is 0 Å². The summed E-state index contributed by atoms with van der Waals surface area (Å²) < 4.78 is 0. The molecule has 0 spiro atoms. The molecule has 1 aromatic rings. The number of carboxylic acids is 1. The SMILES string of the molecule is C=CSC1=C(C(=O)O)N2C(=O)[C@@H](NC(=O)/C(=N/O)c3csc(N)n3)[C@H]2SC1. The number of oxime groups is 1. The average Bonchev–Trinajstić information content (AvgIpc) is 3.05. The van der Waals surface area contributed by atoms with Gasteiger partial charge in [-0.15, -0.1) is 23.1 Å². The second kappa shape index (κ2) is 7.62. The zero-order valence-corrected chi connectivity index (χ0v) is 15.9. The largest absolute Gasteiger partial charge is 0.477 e. The molecule has 0 saturated carbocycles. The van der Waals surface area contributed by atoms with Crippen LogP contribution in [0.5, 0.6) is 0 Å². The van der Waals surface area contributed by atoms with E-state index in [-0.39, 0.29) is 22.2 Å². The fourth-order valence-corrected chi connectivity index (χ4v) is 5.32. The Hall–Kier alpha value is -2.51. The number of fused-ring (bicyclic) bond motifs is 1. The molecule has 2 aliphatic rings. The molecular formula is C14H13N5O5S3. The minimum Gasteiger partial charge on any atom is -0.477 e. The van der Waals surface area contributed by atoms with Crippen LogP contribution in [-0.4, -0.2) is 60.9 Å². The van der Waals surface area contributed by atoms with Crippen LogP contribution < -0.4 is 11.1 Å². The maximum Gasteiger partial charge on any atom is 0.353 e. The molecular weight excluding hydrogens is 414 g/mol. The Morgan fingerprint density at radius 2 is 2.30 bits per heavy atom. The van der Waals surface area contributed by atoms with Crippen molar-refractivity contribution in [2.75, 3.05) is 11.5 Å². The third-order valence-electron chi connectivity index (χ3n) is 3.73. The first kappa shape index (κ1) is 19.3. The van der Waals surface area contributed by atoms with Crippen molar-refractivity contribution in [2.45, 2.75) is 11.4 Å². The number of carbonyl (C=O) groups excluding carboxylic acids is 2. The van der Waals surface area contributed by atoms with Crippen LogP contribution in [0, 0.1) is 0 Å². The Morgan fingerprint density at radius 1 is 1.56 bits per heavy atom. The van der Waals surface area contributed by atoms with E-state index in [4.69, 9.17) is 10.9 Å². The minimum absolute atomic E-state index is 0.0771. The van der Waals surface area contributed by atoms with E-state index in [9.17, 15) is 19.5 Å². The fourth-order valence-electron chi connectivity index (χ4n) is 2.60. The van der Waals surface area contributed by atoms with E-state index in [0.717, 1.165) is 28.0 Å². The van der Waals surface area contributed by atoms with Crippen LogP contribution in [0.2, 0.25) is 0 Å². The summed E-state index contributed by atoms with van der Waals surface area (Å²) in [5.41, 5.74) is 5.09. The lowest BCUT2D eigenvalue weighted by molar-refractivity contribution is -0.150. The lowest BCUT2D eigenvalue weighted by Gasteiger charge is -2.49. The topological polar surface area (TPSA) is 158 Å². The van der Waals surface area contributed by atoms with Gasteiger partial charge in [-0.1, -0.05) is 23.5 Å². The number of carbonyl (C=O) groups is 3.